The van der Waals surface area contributed by atoms with Crippen LogP contribution in [0.4, 0.5) is 0 Å². The molecule has 0 amide bonds. The van der Waals surface area contributed by atoms with Gasteiger partial charge in [0.2, 0.25) is 0 Å². The third-order valence-corrected chi connectivity index (χ3v) is 3.13. The van der Waals surface area contributed by atoms with Crippen LogP contribution in [0.2, 0.25) is 0 Å². The van der Waals surface area contributed by atoms with E-state index in [1.807, 2.05) is 0 Å². The number of esters is 1. The number of carbonyl (C=O) groups excluding carboxylic acids is 1. The van der Waals surface area contributed by atoms with Gasteiger partial charge < -0.3 is 24.1 Å². The number of aliphatic hydroxyl groups is 1. The largest absolute Gasteiger partial charge is 0.466 e. The molecule has 2 aliphatic rings. The molecule has 6 nitrogen and oxygen atoms in total. The molecule has 6 heteroatoms. The van der Waals surface area contributed by atoms with Crippen LogP contribution in [-0.4, -0.2) is 55.5 Å². The molecule has 0 saturated carbocycles. The molecule has 0 aromatic carbocycles. The molecule has 0 unspecified atom stereocenters. The Morgan fingerprint density at radius 3 is 2.50 bits per heavy atom. The van der Waals surface area contributed by atoms with E-state index in [4.69, 9.17) is 14.2 Å². The Hall–Kier alpha value is -0.950. The van der Waals surface area contributed by atoms with Crippen LogP contribution in [0, 0.1) is 0 Å². The molecule has 18 heavy (non-hydrogen) atoms. The number of carbonyl (C=O) groups is 1. The summed E-state index contributed by atoms with van der Waals surface area (Å²) in [5, 5.41) is 9.99. The summed E-state index contributed by atoms with van der Waals surface area (Å²) in [6.45, 7) is 3.51. The number of ether oxygens (including phenoxy) is 4. The first-order valence-electron chi connectivity index (χ1n) is 5.76. The highest BCUT2D eigenvalue weighted by Crippen LogP contribution is 2.38. The molecule has 4 atom stereocenters. The van der Waals surface area contributed by atoms with Crippen molar-refractivity contribution in [3.63, 3.8) is 0 Å². The lowest BCUT2D eigenvalue weighted by Gasteiger charge is -2.32. The fraction of sp³-hybridized carbons (Fsp3) is 0.750. The molecule has 0 aromatic heterocycles. The van der Waals surface area contributed by atoms with Crippen LogP contribution in [0.3, 0.4) is 0 Å². The molecule has 1 heterocycles. The Bertz CT molecular complexity index is 375. The average molecular weight is 258 g/mol. The molecule has 1 saturated heterocycles. The van der Waals surface area contributed by atoms with Gasteiger partial charge in [0, 0.05) is 7.11 Å². The second-order valence-electron chi connectivity index (χ2n) is 4.83. The first kappa shape index (κ1) is 13.5. The Morgan fingerprint density at radius 1 is 1.33 bits per heavy atom. The summed E-state index contributed by atoms with van der Waals surface area (Å²) >= 11 is 0. The van der Waals surface area contributed by atoms with Gasteiger partial charge in [0.1, 0.15) is 24.4 Å². The van der Waals surface area contributed by atoms with Crippen molar-refractivity contribution in [3.05, 3.63) is 11.6 Å². The summed E-state index contributed by atoms with van der Waals surface area (Å²) in [5.74, 6) is -1.35. The van der Waals surface area contributed by atoms with E-state index < -0.39 is 36.2 Å². The van der Waals surface area contributed by atoms with Crippen molar-refractivity contribution in [3.8, 4) is 0 Å². The first-order valence-corrected chi connectivity index (χ1v) is 5.76. The van der Waals surface area contributed by atoms with Crippen molar-refractivity contribution < 1.29 is 28.8 Å². The maximum absolute atomic E-state index is 11.7. The molecular weight excluding hydrogens is 240 g/mol. The van der Waals surface area contributed by atoms with E-state index >= 15 is 0 Å². The minimum absolute atomic E-state index is 0.259. The third-order valence-electron chi connectivity index (χ3n) is 3.13. The SMILES string of the molecule is COC(=O)C1=C[C@@H](O)[C@H]2OC(C)(C)O[C@H]2[C@@H]1OC. The van der Waals surface area contributed by atoms with Crippen molar-refractivity contribution in [2.24, 2.45) is 0 Å². The van der Waals surface area contributed by atoms with Crippen molar-refractivity contribution in [1.82, 2.24) is 0 Å². The monoisotopic (exact) mass is 258 g/mol. The van der Waals surface area contributed by atoms with E-state index in [0.717, 1.165) is 0 Å². The van der Waals surface area contributed by atoms with E-state index in [9.17, 15) is 9.90 Å². The van der Waals surface area contributed by atoms with E-state index in [1.54, 1.807) is 13.8 Å². The molecular formula is C12H18O6. The summed E-state index contributed by atoms with van der Waals surface area (Å²) in [6.07, 6.45) is -1.19. The van der Waals surface area contributed by atoms with Gasteiger partial charge in [-0.05, 0) is 19.9 Å². The number of rotatable bonds is 2. The Labute approximate surface area is 105 Å². The normalized spacial score (nSPS) is 37.9. The second-order valence-corrected chi connectivity index (χ2v) is 4.83. The summed E-state index contributed by atoms with van der Waals surface area (Å²) in [6, 6.07) is 0. The van der Waals surface area contributed by atoms with Crippen LogP contribution in [0.5, 0.6) is 0 Å². The second kappa shape index (κ2) is 4.62. The quantitative estimate of drug-likeness (QED) is 0.702. The fourth-order valence-corrected chi connectivity index (χ4v) is 2.43. The van der Waals surface area contributed by atoms with Crippen LogP contribution < -0.4 is 0 Å². The van der Waals surface area contributed by atoms with E-state index in [1.165, 1.54) is 20.3 Å². The Balaban J connectivity index is 2.32. The van der Waals surface area contributed by atoms with E-state index in [0.29, 0.717) is 0 Å². The van der Waals surface area contributed by atoms with Gasteiger partial charge in [-0.2, -0.15) is 0 Å². The molecule has 0 bridgehead atoms. The summed E-state index contributed by atoms with van der Waals surface area (Å²) in [7, 11) is 2.76. The van der Waals surface area contributed by atoms with Gasteiger partial charge in [0.25, 0.3) is 0 Å². The zero-order chi connectivity index (χ0) is 13.5. The van der Waals surface area contributed by atoms with E-state index in [2.05, 4.69) is 4.74 Å². The third kappa shape index (κ3) is 2.16. The highest BCUT2D eigenvalue weighted by molar-refractivity contribution is 5.90. The number of methoxy groups -OCH3 is 2. The van der Waals surface area contributed by atoms with Crippen molar-refractivity contribution in [2.45, 2.75) is 44.1 Å². The molecule has 0 radical (unpaired) electrons. The topological polar surface area (TPSA) is 74.2 Å². The lowest BCUT2D eigenvalue weighted by molar-refractivity contribution is -0.158. The predicted octanol–water partition coefficient (Wildman–Crippen LogP) is -0.00460. The van der Waals surface area contributed by atoms with Gasteiger partial charge in [-0.25, -0.2) is 4.79 Å². The molecule has 1 aliphatic carbocycles. The summed E-state index contributed by atoms with van der Waals surface area (Å²) in [4.78, 5) is 11.7. The number of fused-ring (bicyclic) bond motifs is 1. The van der Waals surface area contributed by atoms with Crippen LogP contribution in [0.25, 0.3) is 0 Å². The maximum Gasteiger partial charge on any atom is 0.336 e. The Kier molecular flexibility index (Phi) is 3.46. The molecule has 0 spiro atoms. The molecule has 2 rings (SSSR count). The fourth-order valence-electron chi connectivity index (χ4n) is 2.43. The highest BCUT2D eigenvalue weighted by atomic mass is 16.8. The Morgan fingerprint density at radius 2 is 1.94 bits per heavy atom. The van der Waals surface area contributed by atoms with Crippen molar-refractivity contribution in [1.29, 1.82) is 0 Å². The maximum atomic E-state index is 11.7. The smallest absolute Gasteiger partial charge is 0.336 e. The lowest BCUT2D eigenvalue weighted by atomic mass is 9.89. The number of hydrogen-bond donors (Lipinski definition) is 1. The standard InChI is InChI=1S/C12H18O6/c1-12(2)17-9-7(13)5-6(11(14)16-4)8(15-3)10(9)18-12/h5,7-10,13H,1-4H3/t7-,8-,9-,10+/m1/s1. The zero-order valence-corrected chi connectivity index (χ0v) is 10.9. The molecule has 102 valence electrons. The van der Waals surface area contributed by atoms with E-state index in [-0.39, 0.29) is 5.57 Å². The van der Waals surface area contributed by atoms with Gasteiger partial charge in [0.05, 0.1) is 12.7 Å². The average Bonchev–Trinajstić information content (AvgIpc) is 2.64. The van der Waals surface area contributed by atoms with Crippen molar-refractivity contribution >= 4 is 5.97 Å². The zero-order valence-electron chi connectivity index (χ0n) is 10.9. The van der Waals surface area contributed by atoms with Gasteiger partial charge in [-0.15, -0.1) is 0 Å². The van der Waals surface area contributed by atoms with Gasteiger partial charge >= 0.3 is 5.97 Å². The summed E-state index contributed by atoms with van der Waals surface area (Å²) in [5.41, 5.74) is 0.259. The van der Waals surface area contributed by atoms with Crippen molar-refractivity contribution in [2.75, 3.05) is 14.2 Å². The van der Waals surface area contributed by atoms with Crippen LogP contribution in [0.1, 0.15) is 13.8 Å². The highest BCUT2D eigenvalue weighted by Gasteiger charge is 2.52. The minimum Gasteiger partial charge on any atom is -0.466 e. The minimum atomic E-state index is -0.919. The van der Waals surface area contributed by atoms with Crippen LogP contribution in [0.15, 0.2) is 11.6 Å². The number of hydrogen-bond acceptors (Lipinski definition) is 6. The van der Waals surface area contributed by atoms with Crippen LogP contribution in [-0.2, 0) is 23.7 Å². The molecule has 1 N–H and O–H groups in total. The first-order chi connectivity index (χ1) is 8.39. The molecule has 1 aliphatic heterocycles. The molecule has 0 aromatic rings. The molecule has 1 fully saturated rings. The predicted molar refractivity (Wildman–Crippen MR) is 60.7 cm³/mol. The van der Waals surface area contributed by atoms with Gasteiger partial charge in [0.15, 0.2) is 5.79 Å². The van der Waals surface area contributed by atoms with Gasteiger partial charge in [-0.1, -0.05) is 0 Å². The summed E-state index contributed by atoms with van der Waals surface area (Å²) < 4.78 is 21.3. The van der Waals surface area contributed by atoms with Gasteiger partial charge in [-0.3, -0.25) is 0 Å². The lowest BCUT2D eigenvalue weighted by Crippen LogP contribution is -2.49. The number of aliphatic hydroxyl groups excluding tert-OH is 1. The van der Waals surface area contributed by atoms with Crippen LogP contribution >= 0.6 is 0 Å².